The Morgan fingerprint density at radius 3 is 2.51 bits per heavy atom. The van der Waals surface area contributed by atoms with E-state index < -0.39 is 5.97 Å². The highest BCUT2D eigenvalue weighted by Crippen LogP contribution is 2.32. The van der Waals surface area contributed by atoms with Crippen molar-refractivity contribution in [3.05, 3.63) is 29.1 Å². The van der Waals surface area contributed by atoms with Crippen LogP contribution in [0.2, 0.25) is 0 Å². The lowest BCUT2D eigenvalue weighted by molar-refractivity contribution is -0.145. The molecule has 0 aromatic carbocycles. The molecular formula is C26H35N3O6. The van der Waals surface area contributed by atoms with E-state index in [1.165, 1.54) is 0 Å². The fraction of sp³-hybridized carbons (Fsp3) is 0.615. The van der Waals surface area contributed by atoms with Crippen LogP contribution in [-0.4, -0.2) is 51.9 Å². The highest BCUT2D eigenvalue weighted by atomic mass is 16.6. The van der Waals surface area contributed by atoms with Gasteiger partial charge < -0.3 is 24.0 Å². The Kier molecular flexibility index (Phi) is 7.93. The second kappa shape index (κ2) is 11.1. The largest absolute Gasteiger partial charge is 0.491 e. The molecule has 2 aliphatic carbocycles. The molecule has 9 nitrogen and oxygen atoms in total. The molecule has 0 aliphatic heterocycles. The molecule has 35 heavy (non-hydrogen) atoms. The minimum atomic E-state index is -0.744. The van der Waals surface area contributed by atoms with E-state index in [1.54, 1.807) is 18.0 Å². The summed E-state index contributed by atoms with van der Waals surface area (Å²) in [4.78, 5) is 30.4. The van der Waals surface area contributed by atoms with Gasteiger partial charge in [0.05, 0.1) is 29.5 Å². The number of aromatic nitrogens is 2. The van der Waals surface area contributed by atoms with Gasteiger partial charge >= 0.3 is 12.1 Å². The minimum Gasteiger partial charge on any atom is -0.491 e. The fourth-order valence-electron chi connectivity index (χ4n) is 5.19. The summed E-state index contributed by atoms with van der Waals surface area (Å²) in [5.41, 5.74) is 2.58. The number of amides is 1. The molecule has 0 radical (unpaired) electrons. The second-order valence-corrected chi connectivity index (χ2v) is 9.76. The van der Waals surface area contributed by atoms with Crippen molar-refractivity contribution in [1.82, 2.24) is 15.0 Å². The molecule has 1 N–H and O–H groups in total. The van der Waals surface area contributed by atoms with E-state index >= 15 is 0 Å². The Balaban J connectivity index is 1.41. The molecule has 1 amide bonds. The molecule has 2 aliphatic rings. The van der Waals surface area contributed by atoms with Crippen LogP contribution in [0.4, 0.5) is 4.79 Å². The zero-order chi connectivity index (χ0) is 24.9. The van der Waals surface area contributed by atoms with E-state index in [9.17, 15) is 14.7 Å². The van der Waals surface area contributed by atoms with Gasteiger partial charge in [-0.25, -0.2) is 9.78 Å². The first-order chi connectivity index (χ1) is 16.8. The van der Waals surface area contributed by atoms with Gasteiger partial charge in [-0.2, -0.15) is 0 Å². The summed E-state index contributed by atoms with van der Waals surface area (Å²) in [7, 11) is 1.79. The van der Waals surface area contributed by atoms with Gasteiger partial charge in [0.25, 0.3) is 0 Å². The number of carbonyl (C=O) groups excluding carboxylic acids is 1. The van der Waals surface area contributed by atoms with Gasteiger partial charge in [0.2, 0.25) is 0 Å². The number of aryl methyl sites for hydroxylation is 2. The number of rotatable bonds is 8. The summed E-state index contributed by atoms with van der Waals surface area (Å²) in [6.07, 6.45) is 7.50. The fourth-order valence-corrected chi connectivity index (χ4v) is 5.19. The van der Waals surface area contributed by atoms with Crippen molar-refractivity contribution in [1.29, 1.82) is 0 Å². The highest BCUT2D eigenvalue weighted by Gasteiger charge is 2.31. The predicted molar refractivity (Wildman–Crippen MR) is 128 cm³/mol. The van der Waals surface area contributed by atoms with Gasteiger partial charge in [-0.3, -0.25) is 4.79 Å². The number of nitrogens with zero attached hydrogens (tertiary/aromatic N) is 3. The minimum absolute atomic E-state index is 0.000836. The average molecular weight is 486 g/mol. The second-order valence-electron chi connectivity index (χ2n) is 9.76. The van der Waals surface area contributed by atoms with Crippen molar-refractivity contribution in [2.24, 2.45) is 11.8 Å². The normalized spacial score (nSPS) is 20.5. The SMILES string of the molecule is Cc1nc(-c2onc(C)c2COC(=O)N(C)C2CCCC2)ccc1OC[C@H]1CCCC[C@@H]1C(=O)O. The van der Waals surface area contributed by atoms with Gasteiger partial charge in [-0.15, -0.1) is 0 Å². The van der Waals surface area contributed by atoms with Crippen LogP contribution in [0.15, 0.2) is 16.7 Å². The Bertz CT molecular complexity index is 1050. The first-order valence-electron chi connectivity index (χ1n) is 12.5. The molecule has 9 heteroatoms. The first kappa shape index (κ1) is 25.0. The summed E-state index contributed by atoms with van der Waals surface area (Å²) < 4.78 is 17.1. The summed E-state index contributed by atoms with van der Waals surface area (Å²) in [6.45, 7) is 4.06. The van der Waals surface area contributed by atoms with Crippen LogP contribution in [0.3, 0.4) is 0 Å². The van der Waals surface area contributed by atoms with Crippen LogP contribution >= 0.6 is 0 Å². The molecule has 2 fully saturated rings. The van der Waals surface area contributed by atoms with E-state index in [4.69, 9.17) is 14.0 Å². The molecule has 2 aromatic rings. The standard InChI is InChI=1S/C26H35N3O6/c1-16-21(15-34-26(32)29(3)19-9-5-6-10-19)24(35-28-16)22-12-13-23(17(2)27-22)33-14-18-8-4-7-11-20(18)25(30)31/h12-13,18-20H,4-11,14-15H2,1-3H3,(H,30,31)/t18-,20+/m1/s1. The van der Waals surface area contributed by atoms with E-state index in [0.29, 0.717) is 47.2 Å². The Hall–Kier alpha value is -3.10. The predicted octanol–water partition coefficient (Wildman–Crippen LogP) is 5.13. The lowest BCUT2D eigenvalue weighted by Gasteiger charge is -2.28. The van der Waals surface area contributed by atoms with Crippen LogP contribution in [-0.2, 0) is 16.1 Å². The lowest BCUT2D eigenvalue weighted by Crippen LogP contribution is -2.35. The lowest BCUT2D eigenvalue weighted by atomic mass is 9.80. The maximum atomic E-state index is 12.5. The highest BCUT2D eigenvalue weighted by molar-refractivity contribution is 5.70. The van der Waals surface area contributed by atoms with Gasteiger partial charge in [-0.1, -0.05) is 30.8 Å². The van der Waals surface area contributed by atoms with Crippen LogP contribution < -0.4 is 4.74 Å². The molecule has 0 unspecified atom stereocenters. The molecule has 0 spiro atoms. The number of carboxylic acid groups (broad SMARTS) is 1. The molecule has 4 rings (SSSR count). The van der Waals surface area contributed by atoms with Crippen molar-refractivity contribution < 1.29 is 28.7 Å². The van der Waals surface area contributed by atoms with Crippen molar-refractivity contribution in [2.45, 2.75) is 77.9 Å². The van der Waals surface area contributed by atoms with E-state index in [2.05, 4.69) is 10.1 Å². The molecule has 190 valence electrons. The molecule has 0 saturated heterocycles. The Morgan fingerprint density at radius 1 is 1.09 bits per heavy atom. The monoisotopic (exact) mass is 485 g/mol. The zero-order valence-electron chi connectivity index (χ0n) is 20.8. The Labute approximate surface area is 205 Å². The number of hydrogen-bond donors (Lipinski definition) is 1. The molecule has 0 bridgehead atoms. The topological polar surface area (TPSA) is 115 Å². The Morgan fingerprint density at radius 2 is 1.80 bits per heavy atom. The van der Waals surface area contributed by atoms with E-state index in [-0.39, 0.29) is 30.6 Å². The number of carboxylic acids is 1. The van der Waals surface area contributed by atoms with Gasteiger partial charge in [0.15, 0.2) is 5.76 Å². The number of hydrogen-bond acceptors (Lipinski definition) is 7. The molecular weight excluding hydrogens is 450 g/mol. The molecule has 2 heterocycles. The van der Waals surface area contributed by atoms with Gasteiger partial charge in [-0.05, 0) is 51.7 Å². The van der Waals surface area contributed by atoms with Crippen LogP contribution in [0, 0.1) is 25.7 Å². The quantitative estimate of drug-likeness (QED) is 0.547. The van der Waals surface area contributed by atoms with Gasteiger partial charge in [0.1, 0.15) is 18.1 Å². The van der Waals surface area contributed by atoms with Crippen molar-refractivity contribution in [3.8, 4) is 17.2 Å². The summed E-state index contributed by atoms with van der Waals surface area (Å²) in [5, 5.41) is 13.6. The third-order valence-electron chi connectivity index (χ3n) is 7.43. The number of ether oxygens (including phenoxy) is 2. The number of carbonyl (C=O) groups is 2. The zero-order valence-corrected chi connectivity index (χ0v) is 20.8. The third-order valence-corrected chi connectivity index (χ3v) is 7.43. The maximum absolute atomic E-state index is 12.5. The van der Waals surface area contributed by atoms with Crippen LogP contribution in [0.25, 0.3) is 11.5 Å². The molecule has 2 aromatic heterocycles. The van der Waals surface area contributed by atoms with Crippen molar-refractivity contribution in [2.75, 3.05) is 13.7 Å². The number of aliphatic carboxylic acids is 1. The summed E-state index contributed by atoms with van der Waals surface area (Å²) >= 11 is 0. The third kappa shape index (κ3) is 5.77. The van der Waals surface area contributed by atoms with Crippen molar-refractivity contribution >= 4 is 12.1 Å². The summed E-state index contributed by atoms with van der Waals surface area (Å²) in [5.74, 6) is -0.0169. The number of pyridine rings is 1. The van der Waals surface area contributed by atoms with E-state index in [1.807, 2.05) is 19.9 Å². The maximum Gasteiger partial charge on any atom is 0.410 e. The van der Waals surface area contributed by atoms with Crippen LogP contribution in [0.1, 0.15) is 68.3 Å². The smallest absolute Gasteiger partial charge is 0.410 e. The molecule has 2 atom stereocenters. The molecule has 2 saturated carbocycles. The van der Waals surface area contributed by atoms with Crippen LogP contribution in [0.5, 0.6) is 5.75 Å². The van der Waals surface area contributed by atoms with Crippen molar-refractivity contribution in [3.63, 3.8) is 0 Å². The van der Waals surface area contributed by atoms with Gasteiger partial charge in [0, 0.05) is 19.0 Å². The average Bonchev–Trinajstić information content (AvgIpc) is 3.51. The van der Waals surface area contributed by atoms with E-state index in [0.717, 1.165) is 44.9 Å². The first-order valence-corrected chi connectivity index (χ1v) is 12.5. The summed E-state index contributed by atoms with van der Waals surface area (Å²) in [6, 6.07) is 3.84.